The quantitative estimate of drug-likeness (QED) is 0.627. The van der Waals surface area contributed by atoms with Gasteiger partial charge in [-0.05, 0) is 32.1 Å². The maximum Gasteiger partial charge on any atom is 0.164 e. The Labute approximate surface area is 115 Å². The highest BCUT2D eigenvalue weighted by Gasteiger charge is 2.37. The van der Waals surface area contributed by atoms with Crippen molar-refractivity contribution in [2.45, 2.75) is 58.3 Å². The minimum atomic E-state index is -1.20. The van der Waals surface area contributed by atoms with E-state index in [-0.39, 0.29) is 17.6 Å². The van der Waals surface area contributed by atoms with Gasteiger partial charge in [0.25, 0.3) is 0 Å². The van der Waals surface area contributed by atoms with Crippen LogP contribution < -0.4 is 0 Å². The van der Waals surface area contributed by atoms with Crippen LogP contribution in [0.15, 0.2) is 12.2 Å². The number of aliphatic hydroxyl groups excluding tert-OH is 3. The Morgan fingerprint density at radius 1 is 1.16 bits per heavy atom. The average molecular weight is 270 g/mol. The van der Waals surface area contributed by atoms with Gasteiger partial charge in [0.1, 0.15) is 6.10 Å². The van der Waals surface area contributed by atoms with Gasteiger partial charge in [0, 0.05) is 11.8 Å². The van der Waals surface area contributed by atoms with Gasteiger partial charge in [-0.1, -0.05) is 26.0 Å². The summed E-state index contributed by atoms with van der Waals surface area (Å²) in [6, 6.07) is 0. The Morgan fingerprint density at radius 3 is 2.26 bits per heavy atom. The second-order valence-electron chi connectivity index (χ2n) is 6.05. The Balaban J connectivity index is 3.01. The third kappa shape index (κ3) is 3.88. The zero-order valence-corrected chi connectivity index (χ0v) is 12.0. The second kappa shape index (κ2) is 6.64. The molecule has 0 amide bonds. The Hall–Kier alpha value is -0.710. The molecule has 0 heterocycles. The van der Waals surface area contributed by atoms with Crippen LogP contribution in [0, 0.1) is 17.8 Å². The van der Waals surface area contributed by atoms with Crippen molar-refractivity contribution in [3.05, 3.63) is 12.2 Å². The van der Waals surface area contributed by atoms with Crippen LogP contribution in [0.3, 0.4) is 0 Å². The fourth-order valence-electron chi connectivity index (χ4n) is 2.81. The monoisotopic (exact) mass is 270 g/mol. The van der Waals surface area contributed by atoms with Gasteiger partial charge in [-0.15, -0.1) is 0 Å². The molecule has 19 heavy (non-hydrogen) atoms. The maximum absolute atomic E-state index is 12.1. The number of carbonyl (C=O) groups excluding carboxylic acids is 1. The summed E-state index contributed by atoms with van der Waals surface area (Å²) in [5.41, 5.74) is 0.600. The molecule has 0 aromatic heterocycles. The lowest BCUT2D eigenvalue weighted by molar-refractivity contribution is -0.136. The molecular formula is C15H26O4. The first kappa shape index (κ1) is 16.3. The fourth-order valence-corrected chi connectivity index (χ4v) is 2.81. The first-order valence-corrected chi connectivity index (χ1v) is 6.99. The van der Waals surface area contributed by atoms with Crippen molar-refractivity contribution in [3.63, 3.8) is 0 Å². The number of aliphatic hydroxyl groups is 3. The number of Topliss-reactive ketones (excluding diaryl/α,β-unsaturated/α-hetero) is 1. The van der Waals surface area contributed by atoms with E-state index in [9.17, 15) is 20.1 Å². The van der Waals surface area contributed by atoms with E-state index in [4.69, 9.17) is 0 Å². The molecule has 6 atom stereocenters. The topological polar surface area (TPSA) is 77.8 Å². The predicted molar refractivity (Wildman–Crippen MR) is 73.5 cm³/mol. The number of hydrogen-bond acceptors (Lipinski definition) is 4. The van der Waals surface area contributed by atoms with Gasteiger partial charge < -0.3 is 15.3 Å². The zero-order chi connectivity index (χ0) is 14.7. The number of ketones is 1. The normalized spacial score (nSPS) is 41.9. The lowest BCUT2D eigenvalue weighted by Gasteiger charge is -2.33. The van der Waals surface area contributed by atoms with E-state index in [0.717, 1.165) is 0 Å². The third-order valence-corrected chi connectivity index (χ3v) is 4.27. The highest BCUT2D eigenvalue weighted by molar-refractivity contribution is 5.85. The van der Waals surface area contributed by atoms with Gasteiger partial charge in [-0.25, -0.2) is 0 Å². The summed E-state index contributed by atoms with van der Waals surface area (Å²) >= 11 is 0. The van der Waals surface area contributed by atoms with Crippen LogP contribution in [0.5, 0.6) is 0 Å². The van der Waals surface area contributed by atoms with Crippen LogP contribution >= 0.6 is 0 Å². The molecule has 0 aliphatic heterocycles. The van der Waals surface area contributed by atoms with Crippen molar-refractivity contribution in [3.8, 4) is 0 Å². The summed E-state index contributed by atoms with van der Waals surface area (Å²) < 4.78 is 0. The Bertz CT molecular complexity index is 339. The molecule has 0 aromatic rings. The van der Waals surface area contributed by atoms with Crippen LogP contribution in [0.2, 0.25) is 0 Å². The van der Waals surface area contributed by atoms with Crippen molar-refractivity contribution in [1.29, 1.82) is 0 Å². The van der Waals surface area contributed by atoms with Crippen LogP contribution in [-0.2, 0) is 4.79 Å². The smallest absolute Gasteiger partial charge is 0.164 e. The van der Waals surface area contributed by atoms with E-state index >= 15 is 0 Å². The van der Waals surface area contributed by atoms with Gasteiger partial charge in [0.15, 0.2) is 5.78 Å². The SMILES string of the molecule is C=C(C)[C@H]1C(O)C[C@@H](C)C(O)CC[C@@H](C)C(=O)C1O. The van der Waals surface area contributed by atoms with E-state index in [1.807, 2.05) is 6.92 Å². The molecule has 0 bridgehead atoms. The fraction of sp³-hybridized carbons (Fsp3) is 0.800. The van der Waals surface area contributed by atoms with Crippen molar-refractivity contribution in [2.24, 2.45) is 17.8 Å². The number of carbonyl (C=O) groups is 1. The van der Waals surface area contributed by atoms with Crippen molar-refractivity contribution in [2.75, 3.05) is 0 Å². The van der Waals surface area contributed by atoms with Gasteiger partial charge in [-0.3, -0.25) is 4.79 Å². The molecule has 3 unspecified atom stereocenters. The van der Waals surface area contributed by atoms with E-state index in [1.165, 1.54) is 0 Å². The average Bonchev–Trinajstić information content (AvgIpc) is 2.32. The minimum absolute atomic E-state index is 0.0653. The van der Waals surface area contributed by atoms with Crippen molar-refractivity contribution in [1.82, 2.24) is 0 Å². The molecule has 4 heteroatoms. The molecule has 1 saturated carbocycles. The maximum atomic E-state index is 12.1. The minimum Gasteiger partial charge on any atom is -0.393 e. The van der Waals surface area contributed by atoms with Gasteiger partial charge >= 0.3 is 0 Å². The Morgan fingerprint density at radius 2 is 1.74 bits per heavy atom. The van der Waals surface area contributed by atoms with Gasteiger partial charge in [0.2, 0.25) is 0 Å². The molecule has 3 N–H and O–H groups in total. The number of rotatable bonds is 1. The molecule has 110 valence electrons. The van der Waals surface area contributed by atoms with Crippen LogP contribution in [-0.4, -0.2) is 39.4 Å². The first-order valence-electron chi connectivity index (χ1n) is 6.99. The van der Waals surface area contributed by atoms with Crippen LogP contribution in [0.25, 0.3) is 0 Å². The molecule has 1 rings (SSSR count). The summed E-state index contributed by atoms with van der Waals surface area (Å²) in [6.07, 6.45) is -1.15. The molecular weight excluding hydrogens is 244 g/mol. The molecule has 1 aliphatic rings. The summed E-state index contributed by atoms with van der Waals surface area (Å²) in [4.78, 5) is 12.1. The zero-order valence-electron chi connectivity index (χ0n) is 12.0. The highest BCUT2D eigenvalue weighted by atomic mass is 16.3. The summed E-state index contributed by atoms with van der Waals surface area (Å²) in [6.45, 7) is 9.12. The van der Waals surface area contributed by atoms with E-state index in [2.05, 4.69) is 6.58 Å². The Kier molecular flexibility index (Phi) is 5.71. The van der Waals surface area contributed by atoms with Gasteiger partial charge in [-0.2, -0.15) is 0 Å². The molecule has 0 saturated heterocycles. The van der Waals surface area contributed by atoms with Crippen molar-refractivity contribution >= 4 is 5.78 Å². The first-order chi connectivity index (χ1) is 8.75. The van der Waals surface area contributed by atoms with E-state index in [1.54, 1.807) is 13.8 Å². The molecule has 0 spiro atoms. The second-order valence-corrected chi connectivity index (χ2v) is 6.05. The molecule has 0 radical (unpaired) electrons. The largest absolute Gasteiger partial charge is 0.393 e. The molecule has 1 aliphatic carbocycles. The molecule has 4 nitrogen and oxygen atoms in total. The molecule has 1 fully saturated rings. The van der Waals surface area contributed by atoms with Gasteiger partial charge in [0.05, 0.1) is 12.2 Å². The van der Waals surface area contributed by atoms with E-state index in [0.29, 0.717) is 24.8 Å². The lowest BCUT2D eigenvalue weighted by atomic mass is 9.77. The summed E-state index contributed by atoms with van der Waals surface area (Å²) in [5.74, 6) is -1.30. The third-order valence-electron chi connectivity index (χ3n) is 4.27. The summed E-state index contributed by atoms with van der Waals surface area (Å²) in [7, 11) is 0. The van der Waals surface area contributed by atoms with Crippen LogP contribution in [0.1, 0.15) is 40.0 Å². The lowest BCUT2D eigenvalue weighted by Crippen LogP contribution is -2.43. The predicted octanol–water partition coefficient (Wildman–Crippen LogP) is 1.29. The standard InChI is InChI=1S/C15H26O4/c1-8(2)13-12(17)7-10(4)11(16)6-5-9(3)14(18)15(13)19/h9-13,15-17,19H,1,5-7H2,2-4H3/t9-,10-,11?,12?,13+,15?/m1/s1. The number of hydrogen-bond donors (Lipinski definition) is 3. The molecule has 0 aromatic carbocycles. The van der Waals surface area contributed by atoms with E-state index < -0.39 is 24.2 Å². The van der Waals surface area contributed by atoms with Crippen LogP contribution in [0.4, 0.5) is 0 Å². The highest BCUT2D eigenvalue weighted by Crippen LogP contribution is 2.29. The van der Waals surface area contributed by atoms with Crippen molar-refractivity contribution < 1.29 is 20.1 Å². The summed E-state index contributed by atoms with van der Waals surface area (Å²) in [5, 5.41) is 30.4.